The summed E-state index contributed by atoms with van der Waals surface area (Å²) in [4.78, 5) is 33.5. The number of likely N-dealkylation sites (tertiary alicyclic amines) is 1. The second-order valence-electron chi connectivity index (χ2n) is 5.46. The van der Waals surface area contributed by atoms with Gasteiger partial charge in [-0.25, -0.2) is 9.97 Å². The molecule has 112 valence electrons. The van der Waals surface area contributed by atoms with E-state index in [9.17, 15) is 14.7 Å². The monoisotopic (exact) mass is 292 g/mol. The number of rotatable bonds is 2. The van der Waals surface area contributed by atoms with E-state index < -0.39 is 11.4 Å². The summed E-state index contributed by atoms with van der Waals surface area (Å²) in [6.07, 6.45) is 3.21. The summed E-state index contributed by atoms with van der Waals surface area (Å²) in [5.41, 5.74) is 4.81. The number of amides is 1. The maximum absolute atomic E-state index is 12.5. The Bertz CT molecular complexity index is 593. The standard InChI is InChI=1S/C13H16N4O4/c14-10-9(15-2-3-16-10)11(18)17-5-8-6-21-4-1-13(8,7-17)12(19)20/h2-3,8H,1,4-7H2,(H2,14,16)(H,19,20)/t8-,13+/m0/s1. The molecule has 1 amide bonds. The predicted octanol–water partition coefficient (Wildman–Crippen LogP) is -0.378. The van der Waals surface area contributed by atoms with Crippen molar-refractivity contribution in [3.8, 4) is 0 Å². The molecule has 2 saturated heterocycles. The van der Waals surface area contributed by atoms with E-state index in [-0.39, 0.29) is 29.9 Å². The van der Waals surface area contributed by atoms with E-state index in [4.69, 9.17) is 10.5 Å². The summed E-state index contributed by atoms with van der Waals surface area (Å²) in [6.45, 7) is 1.25. The van der Waals surface area contributed by atoms with E-state index in [1.807, 2.05) is 0 Å². The van der Waals surface area contributed by atoms with Gasteiger partial charge in [0.05, 0.1) is 12.0 Å². The summed E-state index contributed by atoms with van der Waals surface area (Å²) in [5, 5.41) is 9.58. The molecule has 0 spiro atoms. The average Bonchev–Trinajstić information content (AvgIpc) is 2.88. The number of carboxylic acids is 1. The van der Waals surface area contributed by atoms with Crippen LogP contribution in [0.2, 0.25) is 0 Å². The van der Waals surface area contributed by atoms with Gasteiger partial charge in [-0.2, -0.15) is 0 Å². The van der Waals surface area contributed by atoms with E-state index in [1.54, 1.807) is 0 Å². The number of fused-ring (bicyclic) bond motifs is 1. The number of carbonyl (C=O) groups excluding carboxylic acids is 1. The normalized spacial score (nSPS) is 28.2. The SMILES string of the molecule is Nc1nccnc1C(=O)N1C[C@H]2COCC[C@@]2(C(=O)O)C1. The molecule has 1 aromatic rings. The molecule has 2 atom stereocenters. The van der Waals surface area contributed by atoms with Crippen molar-refractivity contribution in [2.75, 3.05) is 32.0 Å². The van der Waals surface area contributed by atoms with Gasteiger partial charge in [-0.3, -0.25) is 9.59 Å². The Morgan fingerprint density at radius 1 is 1.43 bits per heavy atom. The fourth-order valence-corrected chi connectivity index (χ4v) is 3.12. The van der Waals surface area contributed by atoms with Gasteiger partial charge in [-0.1, -0.05) is 0 Å². The third-order valence-electron chi connectivity index (χ3n) is 4.35. The summed E-state index contributed by atoms with van der Waals surface area (Å²) >= 11 is 0. The third-order valence-corrected chi connectivity index (χ3v) is 4.35. The minimum Gasteiger partial charge on any atom is -0.481 e. The van der Waals surface area contributed by atoms with E-state index >= 15 is 0 Å². The number of aliphatic carboxylic acids is 1. The Morgan fingerprint density at radius 3 is 2.86 bits per heavy atom. The Balaban J connectivity index is 1.87. The van der Waals surface area contributed by atoms with E-state index in [1.165, 1.54) is 17.3 Å². The molecule has 3 heterocycles. The molecule has 2 fully saturated rings. The lowest BCUT2D eigenvalue weighted by molar-refractivity contribution is -0.157. The number of nitrogens with two attached hydrogens (primary N) is 1. The van der Waals surface area contributed by atoms with Crippen molar-refractivity contribution in [1.29, 1.82) is 0 Å². The molecule has 21 heavy (non-hydrogen) atoms. The van der Waals surface area contributed by atoms with Crippen molar-refractivity contribution in [3.05, 3.63) is 18.1 Å². The first kappa shape index (κ1) is 13.7. The molecule has 3 N–H and O–H groups in total. The number of carboxylic acid groups (broad SMARTS) is 1. The first-order chi connectivity index (χ1) is 10.0. The summed E-state index contributed by atoms with van der Waals surface area (Å²) in [5.74, 6) is -1.41. The maximum atomic E-state index is 12.5. The molecule has 8 nitrogen and oxygen atoms in total. The number of nitrogens with zero attached hydrogens (tertiary/aromatic N) is 3. The minimum atomic E-state index is -0.926. The van der Waals surface area contributed by atoms with Gasteiger partial charge in [-0.05, 0) is 6.42 Å². The lowest BCUT2D eigenvalue weighted by Gasteiger charge is -2.33. The summed E-state index contributed by atoms with van der Waals surface area (Å²) in [7, 11) is 0. The zero-order valence-corrected chi connectivity index (χ0v) is 11.4. The molecule has 0 unspecified atom stereocenters. The highest BCUT2D eigenvalue weighted by atomic mass is 16.5. The summed E-state index contributed by atoms with van der Waals surface area (Å²) in [6, 6.07) is 0. The number of carbonyl (C=O) groups is 2. The molecule has 0 aromatic carbocycles. The van der Waals surface area contributed by atoms with Crippen LogP contribution in [-0.2, 0) is 9.53 Å². The highest BCUT2D eigenvalue weighted by molar-refractivity contribution is 5.97. The number of hydrogen-bond acceptors (Lipinski definition) is 6. The van der Waals surface area contributed by atoms with Crippen LogP contribution in [0.5, 0.6) is 0 Å². The minimum absolute atomic E-state index is 0.0537. The van der Waals surface area contributed by atoms with Gasteiger partial charge in [0, 0.05) is 38.0 Å². The number of nitrogen functional groups attached to an aromatic ring is 1. The molecule has 0 saturated carbocycles. The molecule has 2 aliphatic heterocycles. The fourth-order valence-electron chi connectivity index (χ4n) is 3.12. The molecule has 8 heteroatoms. The number of anilines is 1. The third kappa shape index (κ3) is 2.11. The molecule has 3 rings (SSSR count). The second kappa shape index (κ2) is 4.96. The molecule has 0 bridgehead atoms. The molecule has 2 aliphatic rings. The van der Waals surface area contributed by atoms with Crippen LogP contribution >= 0.6 is 0 Å². The van der Waals surface area contributed by atoms with Gasteiger partial charge in [0.2, 0.25) is 0 Å². The molecular formula is C13H16N4O4. The number of hydrogen-bond donors (Lipinski definition) is 2. The molecular weight excluding hydrogens is 276 g/mol. The predicted molar refractivity (Wildman–Crippen MR) is 71.3 cm³/mol. The largest absolute Gasteiger partial charge is 0.481 e. The quantitative estimate of drug-likeness (QED) is 0.762. The number of ether oxygens (including phenoxy) is 1. The highest BCUT2D eigenvalue weighted by Gasteiger charge is 2.55. The van der Waals surface area contributed by atoms with Crippen LogP contribution in [0.15, 0.2) is 12.4 Å². The Hall–Kier alpha value is -2.22. The van der Waals surface area contributed by atoms with Crippen LogP contribution in [0.3, 0.4) is 0 Å². The van der Waals surface area contributed by atoms with Gasteiger partial charge in [0.25, 0.3) is 5.91 Å². The van der Waals surface area contributed by atoms with Crippen LogP contribution in [0.4, 0.5) is 5.82 Å². The van der Waals surface area contributed by atoms with Crippen molar-refractivity contribution < 1.29 is 19.4 Å². The van der Waals surface area contributed by atoms with Gasteiger partial charge < -0.3 is 20.5 Å². The maximum Gasteiger partial charge on any atom is 0.311 e. The topological polar surface area (TPSA) is 119 Å². The van der Waals surface area contributed by atoms with Crippen molar-refractivity contribution >= 4 is 17.7 Å². The molecule has 1 aromatic heterocycles. The Morgan fingerprint density at radius 2 is 2.19 bits per heavy atom. The first-order valence-electron chi connectivity index (χ1n) is 6.71. The average molecular weight is 292 g/mol. The zero-order valence-electron chi connectivity index (χ0n) is 11.4. The van der Waals surface area contributed by atoms with Crippen molar-refractivity contribution in [2.24, 2.45) is 11.3 Å². The fraction of sp³-hybridized carbons (Fsp3) is 0.538. The summed E-state index contributed by atoms with van der Waals surface area (Å²) < 4.78 is 5.36. The first-order valence-corrected chi connectivity index (χ1v) is 6.71. The van der Waals surface area contributed by atoms with E-state index in [2.05, 4.69) is 9.97 Å². The number of aromatic nitrogens is 2. The van der Waals surface area contributed by atoms with E-state index in [0.29, 0.717) is 26.2 Å². The van der Waals surface area contributed by atoms with Crippen LogP contribution < -0.4 is 5.73 Å². The highest BCUT2D eigenvalue weighted by Crippen LogP contribution is 2.42. The van der Waals surface area contributed by atoms with Crippen LogP contribution in [-0.4, -0.2) is 58.2 Å². The van der Waals surface area contributed by atoms with Gasteiger partial charge in [0.1, 0.15) is 0 Å². The van der Waals surface area contributed by atoms with Crippen molar-refractivity contribution in [2.45, 2.75) is 6.42 Å². The van der Waals surface area contributed by atoms with Crippen molar-refractivity contribution in [1.82, 2.24) is 14.9 Å². The van der Waals surface area contributed by atoms with Crippen LogP contribution in [0, 0.1) is 11.3 Å². The molecule has 0 aliphatic carbocycles. The lowest BCUT2D eigenvalue weighted by Crippen LogP contribution is -2.45. The van der Waals surface area contributed by atoms with Gasteiger partial charge in [0.15, 0.2) is 11.5 Å². The second-order valence-corrected chi connectivity index (χ2v) is 5.46. The smallest absolute Gasteiger partial charge is 0.311 e. The Kier molecular flexibility index (Phi) is 3.25. The van der Waals surface area contributed by atoms with Crippen LogP contribution in [0.25, 0.3) is 0 Å². The molecule has 0 radical (unpaired) electrons. The van der Waals surface area contributed by atoms with Gasteiger partial charge in [-0.15, -0.1) is 0 Å². The van der Waals surface area contributed by atoms with Gasteiger partial charge >= 0.3 is 5.97 Å². The zero-order chi connectivity index (χ0) is 15.0. The lowest BCUT2D eigenvalue weighted by atomic mass is 9.74. The Labute approximate surface area is 120 Å². The van der Waals surface area contributed by atoms with Crippen LogP contribution in [0.1, 0.15) is 16.9 Å². The van der Waals surface area contributed by atoms with E-state index in [0.717, 1.165) is 0 Å². The van der Waals surface area contributed by atoms with Crippen molar-refractivity contribution in [3.63, 3.8) is 0 Å².